The summed E-state index contributed by atoms with van der Waals surface area (Å²) in [7, 11) is 1.86. The second kappa shape index (κ2) is 3.53. The van der Waals surface area contributed by atoms with Crippen LogP contribution >= 0.6 is 11.3 Å². The van der Waals surface area contributed by atoms with Gasteiger partial charge in [-0.2, -0.15) is 0 Å². The first-order valence-electron chi connectivity index (χ1n) is 3.95. The lowest BCUT2D eigenvalue weighted by Crippen LogP contribution is -1.86. The molecule has 2 aromatic rings. The Hall–Kier alpha value is -1.42. The van der Waals surface area contributed by atoms with Gasteiger partial charge in [0.25, 0.3) is 0 Å². The highest BCUT2D eigenvalue weighted by molar-refractivity contribution is 7.14. The maximum atomic E-state index is 4.34. The van der Waals surface area contributed by atoms with Gasteiger partial charge >= 0.3 is 0 Å². The van der Waals surface area contributed by atoms with E-state index in [9.17, 15) is 0 Å². The molecule has 0 aromatic carbocycles. The van der Waals surface area contributed by atoms with Crippen molar-refractivity contribution >= 4 is 16.5 Å². The molecule has 0 bridgehead atoms. The summed E-state index contributed by atoms with van der Waals surface area (Å²) in [5.41, 5.74) is 1.84. The topological polar surface area (TPSA) is 37.8 Å². The van der Waals surface area contributed by atoms with E-state index in [1.54, 1.807) is 17.5 Å². The minimum Gasteiger partial charge on any atom is -0.365 e. The van der Waals surface area contributed by atoms with E-state index in [2.05, 4.69) is 15.3 Å². The molecule has 0 aliphatic heterocycles. The lowest BCUT2D eigenvalue weighted by atomic mass is 10.3. The van der Waals surface area contributed by atoms with Crippen LogP contribution in [-0.4, -0.2) is 17.0 Å². The van der Waals surface area contributed by atoms with Gasteiger partial charge < -0.3 is 5.32 Å². The van der Waals surface area contributed by atoms with Crippen molar-refractivity contribution in [3.05, 3.63) is 29.8 Å². The van der Waals surface area contributed by atoms with Crippen LogP contribution in [0.5, 0.6) is 0 Å². The quantitative estimate of drug-likeness (QED) is 0.791. The van der Waals surface area contributed by atoms with E-state index >= 15 is 0 Å². The second-order valence-corrected chi connectivity index (χ2v) is 3.36. The smallest absolute Gasteiger partial charge is 0.183 e. The van der Waals surface area contributed by atoms with E-state index in [1.165, 1.54) is 0 Å². The predicted molar refractivity (Wildman–Crippen MR) is 54.9 cm³/mol. The molecule has 0 saturated heterocycles. The zero-order chi connectivity index (χ0) is 9.10. The Morgan fingerprint density at radius 2 is 2.23 bits per heavy atom. The van der Waals surface area contributed by atoms with Gasteiger partial charge in [0.2, 0.25) is 0 Å². The summed E-state index contributed by atoms with van der Waals surface area (Å²) in [6.07, 6.45) is 1.77. The van der Waals surface area contributed by atoms with E-state index in [1.807, 2.05) is 30.6 Å². The van der Waals surface area contributed by atoms with E-state index in [0.717, 1.165) is 16.5 Å². The van der Waals surface area contributed by atoms with E-state index in [0.29, 0.717) is 0 Å². The van der Waals surface area contributed by atoms with Crippen molar-refractivity contribution in [1.82, 2.24) is 9.97 Å². The Balaban J connectivity index is 2.36. The highest BCUT2D eigenvalue weighted by Crippen LogP contribution is 2.22. The number of anilines is 1. The number of rotatable bonds is 2. The van der Waals surface area contributed by atoms with Crippen LogP contribution in [0.3, 0.4) is 0 Å². The van der Waals surface area contributed by atoms with Gasteiger partial charge in [0.05, 0.1) is 5.69 Å². The van der Waals surface area contributed by atoms with Crippen molar-refractivity contribution in [3.8, 4) is 11.4 Å². The van der Waals surface area contributed by atoms with Crippen LogP contribution in [0, 0.1) is 0 Å². The van der Waals surface area contributed by atoms with Gasteiger partial charge in [0.1, 0.15) is 5.69 Å². The van der Waals surface area contributed by atoms with E-state index in [-0.39, 0.29) is 0 Å². The summed E-state index contributed by atoms with van der Waals surface area (Å²) >= 11 is 1.58. The number of hydrogen-bond donors (Lipinski definition) is 1. The molecule has 0 spiro atoms. The molecule has 13 heavy (non-hydrogen) atoms. The predicted octanol–water partition coefficient (Wildman–Crippen LogP) is 2.25. The third kappa shape index (κ3) is 1.67. The summed E-state index contributed by atoms with van der Waals surface area (Å²) in [5.74, 6) is 0. The molecule has 2 aromatic heterocycles. The monoisotopic (exact) mass is 191 g/mol. The fraction of sp³-hybridized carbons (Fsp3) is 0.111. The number of nitrogens with one attached hydrogen (secondary N) is 1. The summed E-state index contributed by atoms with van der Waals surface area (Å²) in [6.45, 7) is 0. The van der Waals surface area contributed by atoms with Gasteiger partial charge in [-0.25, -0.2) is 4.98 Å². The normalized spacial score (nSPS) is 9.92. The lowest BCUT2D eigenvalue weighted by molar-refractivity contribution is 1.27. The van der Waals surface area contributed by atoms with Crippen LogP contribution < -0.4 is 5.32 Å². The molecule has 0 fully saturated rings. The number of pyridine rings is 1. The van der Waals surface area contributed by atoms with Gasteiger partial charge in [-0.3, -0.25) is 4.98 Å². The summed E-state index contributed by atoms with van der Waals surface area (Å²) in [4.78, 5) is 8.56. The minimum atomic E-state index is 0.917. The molecule has 0 aliphatic carbocycles. The Kier molecular flexibility index (Phi) is 2.23. The highest BCUT2D eigenvalue weighted by Gasteiger charge is 2.02. The number of thiazole rings is 1. The van der Waals surface area contributed by atoms with Crippen LogP contribution in [-0.2, 0) is 0 Å². The Bertz CT molecular complexity index is 383. The largest absolute Gasteiger partial charge is 0.365 e. The van der Waals surface area contributed by atoms with Crippen LogP contribution in [0.15, 0.2) is 29.8 Å². The molecule has 0 amide bonds. The zero-order valence-corrected chi connectivity index (χ0v) is 8.01. The highest BCUT2D eigenvalue weighted by atomic mass is 32.1. The molecule has 0 atom stereocenters. The molecule has 0 unspecified atom stereocenters. The molecular formula is C9H9N3S. The first-order chi connectivity index (χ1) is 6.40. The number of nitrogens with zero attached hydrogens (tertiary/aromatic N) is 2. The van der Waals surface area contributed by atoms with Crippen LogP contribution in [0.1, 0.15) is 0 Å². The molecule has 0 saturated carbocycles. The maximum Gasteiger partial charge on any atom is 0.183 e. The SMILES string of the molecule is CNc1nc(-c2ccccn2)cs1. The molecule has 0 aliphatic rings. The molecule has 4 heteroatoms. The van der Waals surface area contributed by atoms with Crippen molar-refractivity contribution in [2.45, 2.75) is 0 Å². The average molecular weight is 191 g/mol. The van der Waals surface area contributed by atoms with Crippen LogP contribution in [0.25, 0.3) is 11.4 Å². The molecule has 66 valence electrons. The standard InChI is InChI=1S/C9H9N3S/c1-10-9-12-8(6-13-9)7-4-2-3-5-11-7/h2-6H,1H3,(H,10,12). The van der Waals surface area contributed by atoms with Crippen LogP contribution in [0.2, 0.25) is 0 Å². The third-order valence-electron chi connectivity index (χ3n) is 1.65. The first kappa shape index (κ1) is 8.19. The number of hydrogen-bond acceptors (Lipinski definition) is 4. The van der Waals surface area contributed by atoms with Gasteiger partial charge in [-0.1, -0.05) is 6.07 Å². The summed E-state index contributed by atoms with van der Waals surface area (Å²) in [5, 5.41) is 5.91. The zero-order valence-electron chi connectivity index (χ0n) is 7.19. The van der Waals surface area contributed by atoms with Gasteiger partial charge in [-0.05, 0) is 12.1 Å². The summed E-state index contributed by atoms with van der Waals surface area (Å²) in [6, 6.07) is 5.81. The molecule has 2 heterocycles. The molecule has 1 N–H and O–H groups in total. The fourth-order valence-corrected chi connectivity index (χ4v) is 1.69. The maximum absolute atomic E-state index is 4.34. The molecule has 3 nitrogen and oxygen atoms in total. The van der Waals surface area contributed by atoms with Crippen molar-refractivity contribution in [2.24, 2.45) is 0 Å². The van der Waals surface area contributed by atoms with Gasteiger partial charge in [-0.15, -0.1) is 11.3 Å². The molecule has 2 rings (SSSR count). The van der Waals surface area contributed by atoms with Gasteiger partial charge in [0.15, 0.2) is 5.13 Å². The fourth-order valence-electron chi connectivity index (χ4n) is 1.02. The van der Waals surface area contributed by atoms with Crippen molar-refractivity contribution in [2.75, 3.05) is 12.4 Å². The second-order valence-electron chi connectivity index (χ2n) is 2.50. The Morgan fingerprint density at radius 3 is 2.85 bits per heavy atom. The van der Waals surface area contributed by atoms with Gasteiger partial charge in [0, 0.05) is 18.6 Å². The lowest BCUT2D eigenvalue weighted by Gasteiger charge is -1.92. The molecule has 0 radical (unpaired) electrons. The van der Waals surface area contributed by atoms with E-state index < -0.39 is 0 Å². The first-order valence-corrected chi connectivity index (χ1v) is 4.83. The van der Waals surface area contributed by atoms with Crippen LogP contribution in [0.4, 0.5) is 5.13 Å². The van der Waals surface area contributed by atoms with E-state index in [4.69, 9.17) is 0 Å². The average Bonchev–Trinajstić information content (AvgIpc) is 2.67. The Labute approximate surface area is 80.5 Å². The minimum absolute atomic E-state index is 0.917. The number of aromatic nitrogens is 2. The third-order valence-corrected chi connectivity index (χ3v) is 2.51. The van der Waals surface area contributed by atoms with Crippen molar-refractivity contribution in [1.29, 1.82) is 0 Å². The Morgan fingerprint density at radius 1 is 1.31 bits per heavy atom. The molecular weight excluding hydrogens is 182 g/mol. The van der Waals surface area contributed by atoms with Crippen molar-refractivity contribution in [3.63, 3.8) is 0 Å². The van der Waals surface area contributed by atoms with Crippen molar-refractivity contribution < 1.29 is 0 Å². The summed E-state index contributed by atoms with van der Waals surface area (Å²) < 4.78 is 0.